The van der Waals surface area contributed by atoms with Gasteiger partial charge >= 0.3 is 0 Å². The summed E-state index contributed by atoms with van der Waals surface area (Å²) in [4.78, 5) is 28.4. The molecule has 4 heterocycles. The molecule has 13 heteroatoms. The van der Waals surface area contributed by atoms with Crippen LogP contribution in [0.25, 0.3) is 5.65 Å². The largest absolute Gasteiger partial charge is 0.479 e. The van der Waals surface area contributed by atoms with Crippen molar-refractivity contribution in [3.8, 4) is 5.88 Å². The highest BCUT2D eigenvalue weighted by molar-refractivity contribution is 5.92. The number of ether oxygens (including phenoxy) is 1. The van der Waals surface area contributed by atoms with Crippen LogP contribution in [0.3, 0.4) is 0 Å². The molecule has 0 radical (unpaired) electrons. The van der Waals surface area contributed by atoms with Crippen LogP contribution in [0.2, 0.25) is 0 Å². The predicted molar refractivity (Wildman–Crippen MR) is 97.4 cm³/mol. The van der Waals surface area contributed by atoms with E-state index < -0.39 is 0 Å². The average molecular weight is 401 g/mol. The fourth-order valence-electron chi connectivity index (χ4n) is 2.97. The highest BCUT2D eigenvalue weighted by Crippen LogP contribution is 2.15. The van der Waals surface area contributed by atoms with Gasteiger partial charge < -0.3 is 24.4 Å². The van der Waals surface area contributed by atoms with E-state index in [1.807, 2.05) is 4.90 Å². The van der Waals surface area contributed by atoms with Crippen molar-refractivity contribution in [2.24, 2.45) is 0 Å². The van der Waals surface area contributed by atoms with E-state index in [2.05, 4.69) is 31.1 Å². The number of hydrogen-bond acceptors (Lipinski definition) is 10. The number of carbonyl (C=O) groups is 2. The summed E-state index contributed by atoms with van der Waals surface area (Å²) in [6.07, 6.45) is 0.200. The number of amides is 2. The number of hydrogen-bond donors (Lipinski definition) is 1. The maximum absolute atomic E-state index is 12.8. The zero-order valence-electron chi connectivity index (χ0n) is 15.7. The summed E-state index contributed by atoms with van der Waals surface area (Å²) in [5.74, 6) is 0.405. The standard InChI is InChI=1S/C16H19N9O4/c1-28-15-10-11(29-20-15)16(27)24-6-4-14(26)17-5-7-23(8-9-24)13-3-2-12-18-21-22-25(12)19-13/h2-3,10H,4-9H2,1H3,(H,17,26). The monoisotopic (exact) mass is 401 g/mol. The molecule has 1 fully saturated rings. The smallest absolute Gasteiger partial charge is 0.292 e. The SMILES string of the molecule is COc1cc(C(=O)N2CCC(=O)NCCN(c3ccc4nnnn4n3)CC2)on1. The van der Waals surface area contributed by atoms with Gasteiger partial charge in [0.15, 0.2) is 11.5 Å². The normalized spacial score (nSPS) is 16.0. The Morgan fingerprint density at radius 2 is 2.14 bits per heavy atom. The lowest BCUT2D eigenvalue weighted by molar-refractivity contribution is -0.121. The van der Waals surface area contributed by atoms with Crippen LogP contribution >= 0.6 is 0 Å². The van der Waals surface area contributed by atoms with Gasteiger partial charge in [-0.1, -0.05) is 0 Å². The molecule has 0 spiro atoms. The second kappa shape index (κ2) is 8.08. The Bertz CT molecular complexity index is 1020. The van der Waals surface area contributed by atoms with Crippen LogP contribution in [0.4, 0.5) is 5.82 Å². The van der Waals surface area contributed by atoms with E-state index in [0.29, 0.717) is 37.6 Å². The molecule has 1 saturated heterocycles. The Hall–Kier alpha value is -3.77. The van der Waals surface area contributed by atoms with Crippen molar-refractivity contribution in [1.82, 2.24) is 40.6 Å². The van der Waals surface area contributed by atoms with Crippen molar-refractivity contribution in [1.29, 1.82) is 0 Å². The van der Waals surface area contributed by atoms with E-state index in [4.69, 9.17) is 9.26 Å². The predicted octanol–water partition coefficient (Wildman–Crippen LogP) is -1.02. The molecule has 13 nitrogen and oxygen atoms in total. The molecule has 4 rings (SSSR count). The van der Waals surface area contributed by atoms with Gasteiger partial charge in [-0.15, -0.1) is 14.8 Å². The molecule has 0 saturated carbocycles. The summed E-state index contributed by atoms with van der Waals surface area (Å²) < 4.78 is 11.3. The number of fused-ring (bicyclic) bond motifs is 1. The molecule has 1 N–H and O–H groups in total. The van der Waals surface area contributed by atoms with E-state index in [0.717, 1.165) is 0 Å². The Morgan fingerprint density at radius 3 is 2.97 bits per heavy atom. The summed E-state index contributed by atoms with van der Waals surface area (Å²) in [6, 6.07) is 4.97. The lowest BCUT2D eigenvalue weighted by atomic mass is 10.2. The van der Waals surface area contributed by atoms with Crippen LogP contribution < -0.4 is 15.0 Å². The Labute approximate surface area is 164 Å². The Kier molecular flexibility index (Phi) is 5.18. The third-order valence-electron chi connectivity index (χ3n) is 4.53. The minimum absolute atomic E-state index is 0.0547. The summed E-state index contributed by atoms with van der Waals surface area (Å²) >= 11 is 0. The van der Waals surface area contributed by atoms with Gasteiger partial charge in [0.05, 0.1) is 13.2 Å². The highest BCUT2D eigenvalue weighted by Gasteiger charge is 2.24. The Balaban J connectivity index is 1.54. The molecule has 1 aliphatic rings. The lowest BCUT2D eigenvalue weighted by Crippen LogP contribution is -2.45. The Morgan fingerprint density at radius 1 is 1.24 bits per heavy atom. The molecule has 3 aromatic heterocycles. The maximum Gasteiger partial charge on any atom is 0.292 e. The number of nitrogens with zero attached hydrogens (tertiary/aromatic N) is 8. The van der Waals surface area contributed by atoms with Gasteiger partial charge in [-0.2, -0.15) is 0 Å². The first kappa shape index (κ1) is 18.6. The summed E-state index contributed by atoms with van der Waals surface area (Å²) in [5.41, 5.74) is 0.527. The number of rotatable bonds is 3. The fourth-order valence-corrected chi connectivity index (χ4v) is 2.97. The molecule has 3 aromatic rings. The van der Waals surface area contributed by atoms with E-state index >= 15 is 0 Å². The average Bonchev–Trinajstić information content (AvgIpc) is 3.40. The molecule has 0 aliphatic carbocycles. The molecular formula is C16H19N9O4. The van der Waals surface area contributed by atoms with Crippen LogP contribution in [0, 0.1) is 0 Å². The van der Waals surface area contributed by atoms with Crippen LogP contribution in [0.15, 0.2) is 22.7 Å². The van der Waals surface area contributed by atoms with Crippen molar-refractivity contribution in [3.05, 3.63) is 24.0 Å². The summed E-state index contributed by atoms with van der Waals surface area (Å²) in [5, 5.41) is 22.1. The highest BCUT2D eigenvalue weighted by atomic mass is 16.5. The summed E-state index contributed by atoms with van der Waals surface area (Å²) in [6.45, 7) is 2.09. The molecule has 0 unspecified atom stereocenters. The molecule has 152 valence electrons. The topological polar surface area (TPSA) is 144 Å². The number of carbonyl (C=O) groups excluding carboxylic acids is 2. The minimum atomic E-state index is -0.363. The van der Waals surface area contributed by atoms with E-state index in [9.17, 15) is 9.59 Å². The maximum atomic E-state index is 12.8. The van der Waals surface area contributed by atoms with Crippen molar-refractivity contribution in [2.45, 2.75) is 6.42 Å². The third kappa shape index (κ3) is 4.07. The first-order chi connectivity index (χ1) is 14.1. The molecule has 0 bridgehead atoms. The van der Waals surface area contributed by atoms with Crippen LogP contribution in [-0.2, 0) is 4.79 Å². The zero-order chi connectivity index (χ0) is 20.2. The molecule has 1 aliphatic heterocycles. The first-order valence-corrected chi connectivity index (χ1v) is 9.01. The van der Waals surface area contributed by atoms with Crippen LogP contribution in [0.1, 0.15) is 17.0 Å². The van der Waals surface area contributed by atoms with Gasteiger partial charge in [0.25, 0.3) is 11.8 Å². The molecule has 0 aromatic carbocycles. The van der Waals surface area contributed by atoms with Crippen molar-refractivity contribution >= 4 is 23.3 Å². The number of tetrazole rings is 1. The van der Waals surface area contributed by atoms with Gasteiger partial charge in [-0.25, -0.2) is 0 Å². The molecule has 29 heavy (non-hydrogen) atoms. The third-order valence-corrected chi connectivity index (χ3v) is 4.53. The molecule has 2 amide bonds. The number of aromatic nitrogens is 6. The van der Waals surface area contributed by atoms with Gasteiger partial charge in [-0.3, -0.25) is 9.59 Å². The second-order valence-corrected chi connectivity index (χ2v) is 6.33. The second-order valence-electron chi connectivity index (χ2n) is 6.33. The minimum Gasteiger partial charge on any atom is -0.479 e. The summed E-state index contributed by atoms with van der Waals surface area (Å²) in [7, 11) is 1.44. The number of nitrogens with one attached hydrogen (secondary N) is 1. The van der Waals surface area contributed by atoms with Gasteiger partial charge in [0.1, 0.15) is 0 Å². The van der Waals surface area contributed by atoms with Crippen molar-refractivity contribution < 1.29 is 18.8 Å². The number of anilines is 1. The number of methoxy groups -OCH3 is 1. The quantitative estimate of drug-likeness (QED) is 0.579. The zero-order valence-corrected chi connectivity index (χ0v) is 15.7. The molecular weight excluding hydrogens is 382 g/mol. The van der Waals surface area contributed by atoms with Gasteiger partial charge in [-0.05, 0) is 27.7 Å². The molecule has 0 atom stereocenters. The van der Waals surface area contributed by atoms with E-state index in [1.54, 1.807) is 17.0 Å². The van der Waals surface area contributed by atoms with Crippen molar-refractivity contribution in [3.63, 3.8) is 0 Å². The lowest BCUT2D eigenvalue weighted by Gasteiger charge is -2.29. The first-order valence-electron chi connectivity index (χ1n) is 9.01. The van der Waals surface area contributed by atoms with E-state index in [1.165, 1.54) is 17.8 Å². The van der Waals surface area contributed by atoms with E-state index in [-0.39, 0.29) is 36.4 Å². The fraction of sp³-hybridized carbons (Fsp3) is 0.438. The van der Waals surface area contributed by atoms with Gasteiger partial charge in [0, 0.05) is 39.1 Å². The van der Waals surface area contributed by atoms with Crippen molar-refractivity contribution in [2.75, 3.05) is 44.7 Å². The van der Waals surface area contributed by atoms with Gasteiger partial charge in [0.2, 0.25) is 11.7 Å². The van der Waals surface area contributed by atoms with Crippen LogP contribution in [0.5, 0.6) is 5.88 Å². The van der Waals surface area contributed by atoms with Crippen LogP contribution in [-0.4, -0.2) is 87.0 Å².